The maximum Gasteiger partial charge on any atom is 0.416 e. The third-order valence-electron chi connectivity index (χ3n) is 6.16. The van der Waals surface area contributed by atoms with Crippen molar-refractivity contribution in [1.82, 2.24) is 9.97 Å². The second kappa shape index (κ2) is 8.14. The summed E-state index contributed by atoms with van der Waals surface area (Å²) in [4.78, 5) is 24.1. The van der Waals surface area contributed by atoms with Crippen LogP contribution in [-0.2, 0) is 22.9 Å². The average molecular weight is 506 g/mol. The number of hydrogen-bond acceptors (Lipinski definition) is 3. The number of benzene rings is 1. The smallest absolute Gasteiger partial charge is 0.304 e. The highest BCUT2D eigenvalue weighted by atomic mass is 79.9. The third kappa shape index (κ3) is 3.68. The normalized spacial score (nSPS) is 18.6. The molecule has 0 radical (unpaired) electrons. The van der Waals surface area contributed by atoms with Crippen LogP contribution >= 0.6 is 15.9 Å². The maximum atomic E-state index is 13.7. The van der Waals surface area contributed by atoms with E-state index in [0.29, 0.717) is 33.3 Å². The van der Waals surface area contributed by atoms with Crippen LogP contribution in [0.15, 0.2) is 47.3 Å². The zero-order valence-corrected chi connectivity index (χ0v) is 19.6. The number of amides is 1. The number of alkyl halides is 3. The zero-order valence-electron chi connectivity index (χ0n) is 18.0. The summed E-state index contributed by atoms with van der Waals surface area (Å²) in [5, 5.41) is 0.998. The van der Waals surface area contributed by atoms with Crippen LogP contribution in [0.3, 0.4) is 0 Å². The number of rotatable bonds is 5. The Morgan fingerprint density at radius 1 is 1.19 bits per heavy atom. The van der Waals surface area contributed by atoms with Crippen LogP contribution in [0.1, 0.15) is 50.4 Å². The summed E-state index contributed by atoms with van der Waals surface area (Å²) in [5.74, 6) is 0.339. The highest BCUT2D eigenvalue weighted by Crippen LogP contribution is 2.48. The minimum atomic E-state index is -4.42. The molecule has 1 unspecified atom stereocenters. The van der Waals surface area contributed by atoms with Crippen molar-refractivity contribution in [3.63, 3.8) is 0 Å². The summed E-state index contributed by atoms with van der Waals surface area (Å²) in [6, 6.07) is 5.49. The van der Waals surface area contributed by atoms with Crippen LogP contribution in [0.4, 0.5) is 18.9 Å². The van der Waals surface area contributed by atoms with E-state index in [1.54, 1.807) is 17.3 Å². The van der Waals surface area contributed by atoms with Crippen LogP contribution in [0.2, 0.25) is 0 Å². The van der Waals surface area contributed by atoms with E-state index in [4.69, 9.17) is 0 Å². The molecule has 2 aromatic heterocycles. The molecular formula is C24H23BrF3N3O. The average Bonchev–Trinajstić information content (AvgIpc) is 2.97. The predicted octanol–water partition coefficient (Wildman–Crippen LogP) is 6.65. The quantitative estimate of drug-likeness (QED) is 0.389. The minimum Gasteiger partial charge on any atom is -0.304 e. The minimum absolute atomic E-state index is 0.0120. The maximum absolute atomic E-state index is 13.7. The molecule has 3 heterocycles. The van der Waals surface area contributed by atoms with Gasteiger partial charge in [-0.1, -0.05) is 26.8 Å². The van der Waals surface area contributed by atoms with Gasteiger partial charge in [-0.3, -0.25) is 14.8 Å². The molecule has 0 bridgehead atoms. The van der Waals surface area contributed by atoms with E-state index in [2.05, 4.69) is 39.7 Å². The van der Waals surface area contributed by atoms with Crippen molar-refractivity contribution in [1.29, 1.82) is 0 Å². The van der Waals surface area contributed by atoms with Gasteiger partial charge in [0.25, 0.3) is 0 Å². The summed E-state index contributed by atoms with van der Waals surface area (Å²) in [6.07, 6.45) is 1.82. The topological polar surface area (TPSA) is 46.1 Å². The van der Waals surface area contributed by atoms with Crippen LogP contribution < -0.4 is 4.90 Å². The van der Waals surface area contributed by atoms with Gasteiger partial charge in [0.1, 0.15) is 0 Å². The lowest BCUT2D eigenvalue weighted by Gasteiger charge is -2.29. The molecule has 1 aliphatic rings. The number of fused-ring (bicyclic) bond motifs is 2. The molecule has 3 aromatic rings. The van der Waals surface area contributed by atoms with Gasteiger partial charge < -0.3 is 4.90 Å². The number of nitrogens with zero attached hydrogens (tertiary/aromatic N) is 3. The number of carbonyl (C=O) groups is 1. The van der Waals surface area contributed by atoms with Crippen molar-refractivity contribution < 1.29 is 18.0 Å². The second-order valence-electron chi connectivity index (χ2n) is 8.64. The number of halogens is 4. The van der Waals surface area contributed by atoms with Gasteiger partial charge in [0.15, 0.2) is 0 Å². The molecule has 0 spiro atoms. The summed E-state index contributed by atoms with van der Waals surface area (Å²) in [7, 11) is 0. The summed E-state index contributed by atoms with van der Waals surface area (Å²) in [6.45, 7) is 6.43. The molecule has 168 valence electrons. The van der Waals surface area contributed by atoms with E-state index in [-0.39, 0.29) is 12.5 Å². The Labute approximate surface area is 193 Å². The Hall–Kier alpha value is -2.48. The van der Waals surface area contributed by atoms with Gasteiger partial charge in [-0.25, -0.2) is 0 Å². The van der Waals surface area contributed by atoms with Crippen molar-refractivity contribution in [2.24, 2.45) is 5.92 Å². The van der Waals surface area contributed by atoms with Gasteiger partial charge in [-0.05, 0) is 63.8 Å². The lowest BCUT2D eigenvalue weighted by atomic mass is 9.73. The second-order valence-corrected chi connectivity index (χ2v) is 9.43. The first-order valence-electron chi connectivity index (χ1n) is 10.5. The molecule has 1 aromatic carbocycles. The fraction of sp³-hybridized carbons (Fsp3) is 0.375. The van der Waals surface area contributed by atoms with E-state index in [1.165, 1.54) is 12.3 Å². The highest BCUT2D eigenvalue weighted by Gasteiger charge is 2.50. The molecule has 4 nitrogen and oxygen atoms in total. The Kier molecular flexibility index (Phi) is 5.77. The fourth-order valence-electron chi connectivity index (χ4n) is 4.69. The first kappa shape index (κ1) is 22.7. The van der Waals surface area contributed by atoms with E-state index in [9.17, 15) is 18.0 Å². The van der Waals surface area contributed by atoms with Crippen molar-refractivity contribution in [2.45, 2.75) is 51.7 Å². The summed E-state index contributed by atoms with van der Waals surface area (Å²) in [5.41, 5.74) is 0.985. The Bertz CT molecular complexity index is 1190. The van der Waals surface area contributed by atoms with Gasteiger partial charge >= 0.3 is 6.18 Å². The summed E-state index contributed by atoms with van der Waals surface area (Å²) < 4.78 is 39.8. The van der Waals surface area contributed by atoms with Crippen molar-refractivity contribution in [3.05, 3.63) is 64.1 Å². The van der Waals surface area contributed by atoms with Gasteiger partial charge in [0.05, 0.1) is 35.1 Å². The molecular weight excluding hydrogens is 483 g/mol. The predicted molar refractivity (Wildman–Crippen MR) is 121 cm³/mol. The molecule has 1 atom stereocenters. The molecule has 0 saturated carbocycles. The lowest BCUT2D eigenvalue weighted by molar-refractivity contribution is -0.137. The number of hydrogen-bond donors (Lipinski definition) is 0. The van der Waals surface area contributed by atoms with Crippen molar-refractivity contribution in [3.8, 4) is 0 Å². The first-order chi connectivity index (χ1) is 15.1. The number of carbonyl (C=O) groups excluding carboxylic acids is 1. The zero-order chi connectivity index (χ0) is 23.3. The van der Waals surface area contributed by atoms with Gasteiger partial charge in [-0.15, -0.1) is 0 Å². The van der Waals surface area contributed by atoms with E-state index < -0.39 is 17.2 Å². The first-order valence-corrected chi connectivity index (χ1v) is 11.3. The van der Waals surface area contributed by atoms with E-state index in [0.717, 1.165) is 29.8 Å². The Balaban J connectivity index is 1.75. The molecule has 0 N–H and O–H groups in total. The molecule has 8 heteroatoms. The Morgan fingerprint density at radius 3 is 2.59 bits per heavy atom. The lowest BCUT2D eigenvalue weighted by Crippen LogP contribution is -2.40. The molecule has 0 fully saturated rings. The van der Waals surface area contributed by atoms with Crippen LogP contribution in [0, 0.1) is 5.92 Å². The molecule has 4 rings (SSSR count). The van der Waals surface area contributed by atoms with Crippen molar-refractivity contribution in [2.75, 3.05) is 4.90 Å². The molecule has 1 amide bonds. The molecule has 32 heavy (non-hydrogen) atoms. The van der Waals surface area contributed by atoms with Crippen LogP contribution in [0.25, 0.3) is 10.8 Å². The third-order valence-corrected chi connectivity index (χ3v) is 7.04. The van der Waals surface area contributed by atoms with Crippen molar-refractivity contribution >= 4 is 38.3 Å². The molecule has 0 aliphatic carbocycles. The highest BCUT2D eigenvalue weighted by molar-refractivity contribution is 9.10. The van der Waals surface area contributed by atoms with Crippen LogP contribution in [-0.4, -0.2) is 15.9 Å². The molecule has 0 saturated heterocycles. The van der Waals surface area contributed by atoms with E-state index >= 15 is 0 Å². The van der Waals surface area contributed by atoms with Crippen LogP contribution in [0.5, 0.6) is 0 Å². The molecule has 1 aliphatic heterocycles. The number of anilines is 1. The SMILES string of the molecule is CCC1(CC(C)C)C(=O)N(Cc2ncc3cc(C(F)(F)F)ccc3c2Br)c2cnccc21. The number of pyridine rings is 2. The number of aromatic nitrogens is 2. The Morgan fingerprint density at radius 2 is 1.94 bits per heavy atom. The van der Waals surface area contributed by atoms with Gasteiger partial charge in [0.2, 0.25) is 5.91 Å². The van der Waals surface area contributed by atoms with E-state index in [1.807, 2.05) is 13.0 Å². The largest absolute Gasteiger partial charge is 0.416 e. The van der Waals surface area contributed by atoms with Gasteiger partial charge in [0, 0.05) is 22.3 Å². The fourth-order valence-corrected chi connectivity index (χ4v) is 5.28. The van der Waals surface area contributed by atoms with Gasteiger partial charge in [-0.2, -0.15) is 13.2 Å². The monoisotopic (exact) mass is 505 g/mol. The standard InChI is InChI=1S/C24H23BrF3N3O/c1-4-23(10-14(2)3)18-7-8-29-12-20(18)31(22(23)32)13-19-21(25)17-6-5-16(24(26,27)28)9-15(17)11-30-19/h5-9,11-12,14H,4,10,13H2,1-3H3. The summed E-state index contributed by atoms with van der Waals surface area (Å²) >= 11 is 3.51.